The van der Waals surface area contributed by atoms with Gasteiger partial charge in [-0.1, -0.05) is 41.9 Å². The number of benzene rings is 3. The number of aromatic nitrogens is 4. The highest BCUT2D eigenvalue weighted by atomic mass is 35.5. The Hall–Kier alpha value is -3.38. The maximum Gasteiger partial charge on any atom is 0.183 e. The van der Waals surface area contributed by atoms with Crippen LogP contribution >= 0.6 is 11.6 Å². The molecule has 0 fully saturated rings. The lowest BCUT2D eigenvalue weighted by molar-refractivity contribution is 0.415. The third kappa shape index (κ3) is 3.82. The lowest BCUT2D eigenvalue weighted by Gasteiger charge is -2.20. The normalized spacial score (nSPS) is 11.8. The van der Waals surface area contributed by atoms with Gasteiger partial charge in [-0.2, -0.15) is 4.68 Å². The van der Waals surface area contributed by atoms with E-state index in [1.165, 1.54) is 0 Å². The molecular formula is C21H18ClN5O. The van der Waals surface area contributed by atoms with Crippen molar-refractivity contribution in [3.63, 3.8) is 0 Å². The second-order valence-corrected chi connectivity index (χ2v) is 6.58. The summed E-state index contributed by atoms with van der Waals surface area (Å²) in [5, 5.41) is 16.6. The predicted octanol–water partition coefficient (Wildman–Crippen LogP) is 4.53. The van der Waals surface area contributed by atoms with E-state index < -0.39 is 0 Å². The van der Waals surface area contributed by atoms with Crippen LogP contribution in [-0.4, -0.2) is 27.3 Å². The van der Waals surface area contributed by atoms with Crippen LogP contribution in [0.1, 0.15) is 17.4 Å². The van der Waals surface area contributed by atoms with Crippen molar-refractivity contribution in [2.45, 2.75) is 6.04 Å². The zero-order chi connectivity index (χ0) is 19.3. The highest BCUT2D eigenvalue weighted by Gasteiger charge is 2.22. The molecule has 0 saturated heterocycles. The van der Waals surface area contributed by atoms with Crippen molar-refractivity contribution >= 4 is 17.3 Å². The maximum absolute atomic E-state index is 6.02. The summed E-state index contributed by atoms with van der Waals surface area (Å²) in [7, 11) is 1.65. The zero-order valence-electron chi connectivity index (χ0n) is 15.2. The van der Waals surface area contributed by atoms with Crippen LogP contribution in [0.2, 0.25) is 5.02 Å². The third-order valence-electron chi connectivity index (χ3n) is 4.36. The molecule has 4 aromatic rings. The van der Waals surface area contributed by atoms with Gasteiger partial charge in [-0.15, -0.1) is 5.10 Å². The van der Waals surface area contributed by atoms with Gasteiger partial charge in [0.05, 0.1) is 12.8 Å². The van der Waals surface area contributed by atoms with E-state index in [0.717, 1.165) is 22.7 Å². The number of ether oxygens (including phenoxy) is 1. The summed E-state index contributed by atoms with van der Waals surface area (Å²) in [6.45, 7) is 0. The largest absolute Gasteiger partial charge is 0.497 e. The van der Waals surface area contributed by atoms with Gasteiger partial charge in [0.25, 0.3) is 0 Å². The fraction of sp³-hybridized carbons (Fsp3) is 0.0952. The number of methoxy groups -OCH3 is 1. The Morgan fingerprint density at radius 2 is 1.64 bits per heavy atom. The van der Waals surface area contributed by atoms with Gasteiger partial charge < -0.3 is 10.1 Å². The molecule has 0 aliphatic heterocycles. The van der Waals surface area contributed by atoms with Gasteiger partial charge in [0.2, 0.25) is 0 Å². The highest BCUT2D eigenvalue weighted by Crippen LogP contribution is 2.27. The maximum atomic E-state index is 6.02. The van der Waals surface area contributed by atoms with Gasteiger partial charge in [-0.3, -0.25) is 0 Å². The van der Waals surface area contributed by atoms with Crippen molar-refractivity contribution < 1.29 is 4.74 Å². The Bertz CT molecular complexity index is 1030. The molecule has 0 radical (unpaired) electrons. The molecule has 1 atom stereocenters. The first kappa shape index (κ1) is 18.0. The molecular weight excluding hydrogens is 374 g/mol. The van der Waals surface area contributed by atoms with E-state index in [-0.39, 0.29) is 6.04 Å². The average molecular weight is 392 g/mol. The van der Waals surface area contributed by atoms with Crippen molar-refractivity contribution in [1.29, 1.82) is 0 Å². The molecule has 0 amide bonds. The Morgan fingerprint density at radius 1 is 0.929 bits per heavy atom. The third-order valence-corrected chi connectivity index (χ3v) is 4.61. The van der Waals surface area contributed by atoms with Crippen LogP contribution < -0.4 is 10.1 Å². The number of halogens is 1. The molecule has 0 spiro atoms. The minimum atomic E-state index is -0.250. The summed E-state index contributed by atoms with van der Waals surface area (Å²) in [5.41, 5.74) is 2.81. The number of nitrogens with one attached hydrogen (secondary N) is 1. The minimum absolute atomic E-state index is 0.250. The van der Waals surface area contributed by atoms with Crippen LogP contribution in [-0.2, 0) is 0 Å². The quantitative estimate of drug-likeness (QED) is 0.523. The monoisotopic (exact) mass is 391 g/mol. The molecule has 0 bridgehead atoms. The summed E-state index contributed by atoms with van der Waals surface area (Å²) in [4.78, 5) is 0. The summed E-state index contributed by atoms with van der Waals surface area (Å²) in [6, 6.07) is 25.0. The van der Waals surface area contributed by atoms with Crippen LogP contribution in [0.3, 0.4) is 0 Å². The topological polar surface area (TPSA) is 64.9 Å². The van der Waals surface area contributed by atoms with E-state index in [2.05, 4.69) is 20.8 Å². The van der Waals surface area contributed by atoms with Crippen molar-refractivity contribution in [1.82, 2.24) is 20.2 Å². The summed E-state index contributed by atoms with van der Waals surface area (Å²) in [6.07, 6.45) is 0. The number of nitrogens with zero attached hydrogens (tertiary/aromatic N) is 4. The lowest BCUT2D eigenvalue weighted by atomic mass is 10.1. The number of rotatable bonds is 6. The fourth-order valence-corrected chi connectivity index (χ4v) is 3.06. The molecule has 0 aliphatic carbocycles. The number of hydrogen-bond acceptors (Lipinski definition) is 5. The number of anilines is 1. The van der Waals surface area contributed by atoms with E-state index in [1.807, 2.05) is 78.9 Å². The minimum Gasteiger partial charge on any atom is -0.497 e. The average Bonchev–Trinajstić information content (AvgIpc) is 3.23. The molecule has 6 nitrogen and oxygen atoms in total. The van der Waals surface area contributed by atoms with Crippen LogP contribution in [0.15, 0.2) is 78.9 Å². The second kappa shape index (κ2) is 8.10. The molecule has 1 aromatic heterocycles. The predicted molar refractivity (Wildman–Crippen MR) is 109 cm³/mol. The first-order chi connectivity index (χ1) is 13.7. The standard InChI is InChI=1S/C21H18ClN5O/c1-28-19-13-9-17(10-14-19)23-20(15-5-3-2-4-6-15)21-24-25-26-27(21)18-11-7-16(22)8-12-18/h2-14,20,23H,1H3/t20-/m1/s1. The van der Waals surface area contributed by atoms with Gasteiger partial charge in [-0.05, 0) is 64.5 Å². The molecule has 1 N–H and O–H groups in total. The van der Waals surface area contributed by atoms with Gasteiger partial charge in [-0.25, -0.2) is 0 Å². The fourth-order valence-electron chi connectivity index (χ4n) is 2.94. The molecule has 3 aromatic carbocycles. The summed E-state index contributed by atoms with van der Waals surface area (Å²) < 4.78 is 6.96. The molecule has 28 heavy (non-hydrogen) atoms. The zero-order valence-corrected chi connectivity index (χ0v) is 15.9. The first-order valence-corrected chi connectivity index (χ1v) is 9.12. The van der Waals surface area contributed by atoms with Gasteiger partial charge in [0, 0.05) is 10.7 Å². The summed E-state index contributed by atoms with van der Waals surface area (Å²) >= 11 is 6.02. The van der Waals surface area contributed by atoms with Crippen molar-refractivity contribution in [3.05, 3.63) is 95.3 Å². The van der Waals surface area contributed by atoms with E-state index in [1.54, 1.807) is 11.8 Å². The Balaban J connectivity index is 1.74. The van der Waals surface area contributed by atoms with Gasteiger partial charge in [0.15, 0.2) is 5.82 Å². The van der Waals surface area contributed by atoms with Gasteiger partial charge >= 0.3 is 0 Å². The Morgan fingerprint density at radius 3 is 2.32 bits per heavy atom. The van der Waals surface area contributed by atoms with E-state index >= 15 is 0 Å². The highest BCUT2D eigenvalue weighted by molar-refractivity contribution is 6.30. The first-order valence-electron chi connectivity index (χ1n) is 8.74. The van der Waals surface area contributed by atoms with E-state index in [9.17, 15) is 0 Å². The van der Waals surface area contributed by atoms with Crippen LogP contribution in [0.5, 0.6) is 5.75 Å². The van der Waals surface area contributed by atoms with Crippen molar-refractivity contribution in [2.24, 2.45) is 0 Å². The molecule has 1 heterocycles. The molecule has 7 heteroatoms. The molecule has 0 saturated carbocycles. The molecule has 0 aliphatic rings. The lowest BCUT2D eigenvalue weighted by Crippen LogP contribution is -2.18. The Kier molecular flexibility index (Phi) is 5.21. The van der Waals surface area contributed by atoms with Crippen molar-refractivity contribution in [3.8, 4) is 11.4 Å². The van der Waals surface area contributed by atoms with Gasteiger partial charge in [0.1, 0.15) is 11.8 Å². The van der Waals surface area contributed by atoms with E-state index in [4.69, 9.17) is 16.3 Å². The second-order valence-electron chi connectivity index (χ2n) is 6.14. The van der Waals surface area contributed by atoms with E-state index in [0.29, 0.717) is 10.8 Å². The summed E-state index contributed by atoms with van der Waals surface area (Å²) in [5.74, 6) is 1.47. The number of hydrogen-bond donors (Lipinski definition) is 1. The number of tetrazole rings is 1. The molecule has 140 valence electrons. The van der Waals surface area contributed by atoms with Crippen LogP contribution in [0.25, 0.3) is 5.69 Å². The van der Waals surface area contributed by atoms with Crippen LogP contribution in [0.4, 0.5) is 5.69 Å². The molecule has 4 rings (SSSR count). The SMILES string of the molecule is COc1ccc(N[C@H](c2ccccc2)c2nnnn2-c2ccc(Cl)cc2)cc1. The molecule has 0 unspecified atom stereocenters. The van der Waals surface area contributed by atoms with Crippen molar-refractivity contribution in [2.75, 3.05) is 12.4 Å². The van der Waals surface area contributed by atoms with Crippen LogP contribution in [0, 0.1) is 0 Å². The Labute approximate surface area is 167 Å². The smallest absolute Gasteiger partial charge is 0.183 e.